The Labute approximate surface area is 130 Å². The number of halogens is 1. The van der Waals surface area contributed by atoms with Crippen molar-refractivity contribution in [2.45, 2.75) is 57.9 Å². The highest BCUT2D eigenvalue weighted by atomic mass is 79.9. The molecule has 110 valence electrons. The summed E-state index contributed by atoms with van der Waals surface area (Å²) in [5.41, 5.74) is 3.03. The molecule has 20 heavy (non-hydrogen) atoms. The minimum Gasteiger partial charge on any atom is -0.342 e. The first-order valence-electron chi connectivity index (χ1n) is 7.57. The highest BCUT2D eigenvalue weighted by molar-refractivity contribution is 9.10. The van der Waals surface area contributed by atoms with Crippen molar-refractivity contribution in [2.75, 3.05) is 7.05 Å². The number of nitrogens with zero attached hydrogens (tertiary/aromatic N) is 1. The molecule has 1 aliphatic heterocycles. The molecule has 2 aliphatic rings. The molecule has 0 bridgehead atoms. The second kappa shape index (κ2) is 5.88. The lowest BCUT2D eigenvalue weighted by Crippen LogP contribution is -2.56. The molecule has 1 heterocycles. The van der Waals surface area contributed by atoms with Crippen molar-refractivity contribution in [3.63, 3.8) is 0 Å². The van der Waals surface area contributed by atoms with Crippen LogP contribution in [0.4, 0.5) is 0 Å². The predicted molar refractivity (Wildman–Crippen MR) is 87.0 cm³/mol. The van der Waals surface area contributed by atoms with E-state index in [4.69, 9.17) is 0 Å². The van der Waals surface area contributed by atoms with E-state index in [1.165, 1.54) is 11.1 Å². The van der Waals surface area contributed by atoms with Crippen LogP contribution in [0.1, 0.15) is 51.2 Å². The van der Waals surface area contributed by atoms with Gasteiger partial charge in [-0.25, -0.2) is 0 Å². The molecule has 1 aliphatic carbocycles. The molecule has 0 N–H and O–H groups in total. The summed E-state index contributed by atoms with van der Waals surface area (Å²) in [6.45, 7) is 6.33. The molecule has 2 nitrogen and oxygen atoms in total. The molecule has 1 amide bonds. The van der Waals surface area contributed by atoms with Crippen molar-refractivity contribution in [1.29, 1.82) is 0 Å². The first-order valence-corrected chi connectivity index (χ1v) is 8.36. The van der Waals surface area contributed by atoms with E-state index in [0.717, 1.165) is 23.7 Å². The van der Waals surface area contributed by atoms with Gasteiger partial charge < -0.3 is 4.90 Å². The first kappa shape index (κ1) is 15.6. The van der Waals surface area contributed by atoms with Crippen molar-refractivity contribution in [2.24, 2.45) is 0 Å². The van der Waals surface area contributed by atoms with Gasteiger partial charge in [-0.2, -0.15) is 0 Å². The number of hydrogen-bond acceptors (Lipinski definition) is 1. The lowest BCUT2D eigenvalue weighted by molar-refractivity contribution is -0.138. The van der Waals surface area contributed by atoms with Gasteiger partial charge in [0.05, 0.1) is 0 Å². The monoisotopic (exact) mass is 337 g/mol. The van der Waals surface area contributed by atoms with E-state index < -0.39 is 0 Å². The van der Waals surface area contributed by atoms with Crippen LogP contribution in [0.25, 0.3) is 0 Å². The Morgan fingerprint density at radius 2 is 2.00 bits per heavy atom. The Kier molecular flexibility index (Phi) is 4.58. The van der Waals surface area contributed by atoms with Gasteiger partial charge in [0.2, 0.25) is 5.91 Å². The summed E-state index contributed by atoms with van der Waals surface area (Å²) in [5.74, 6) is 0.304. The number of amides is 1. The van der Waals surface area contributed by atoms with E-state index in [1.54, 1.807) is 0 Å². The SMILES string of the molecule is CC.CN1C(=O)CCC2(C)c3ccc(Br)cc3CCC12. The zero-order valence-corrected chi connectivity index (χ0v) is 14.5. The Morgan fingerprint density at radius 1 is 1.30 bits per heavy atom. The maximum Gasteiger partial charge on any atom is 0.222 e. The fourth-order valence-corrected chi connectivity index (χ4v) is 4.16. The van der Waals surface area contributed by atoms with Crippen molar-refractivity contribution in [3.8, 4) is 0 Å². The van der Waals surface area contributed by atoms with Gasteiger partial charge in [0.25, 0.3) is 0 Å². The van der Waals surface area contributed by atoms with E-state index in [1.807, 2.05) is 25.8 Å². The zero-order valence-electron chi connectivity index (χ0n) is 12.9. The maximum atomic E-state index is 11.9. The van der Waals surface area contributed by atoms with Crippen LogP contribution in [0.2, 0.25) is 0 Å². The van der Waals surface area contributed by atoms with Crippen molar-refractivity contribution >= 4 is 21.8 Å². The summed E-state index contributed by atoms with van der Waals surface area (Å²) in [6, 6.07) is 6.98. The highest BCUT2D eigenvalue weighted by Gasteiger charge is 2.46. The van der Waals surface area contributed by atoms with E-state index in [-0.39, 0.29) is 5.41 Å². The molecule has 1 aromatic carbocycles. The van der Waals surface area contributed by atoms with Gasteiger partial charge in [-0.15, -0.1) is 0 Å². The van der Waals surface area contributed by atoms with Crippen LogP contribution in [-0.4, -0.2) is 23.9 Å². The Bertz CT molecular complexity index is 514. The molecule has 2 unspecified atom stereocenters. The van der Waals surface area contributed by atoms with Gasteiger partial charge in [-0.05, 0) is 42.5 Å². The van der Waals surface area contributed by atoms with Crippen molar-refractivity contribution < 1.29 is 4.79 Å². The van der Waals surface area contributed by atoms with Gasteiger partial charge in [0.1, 0.15) is 0 Å². The predicted octanol–water partition coefficient (Wildman–Crippen LogP) is 4.30. The van der Waals surface area contributed by atoms with Crippen molar-refractivity contribution in [3.05, 3.63) is 33.8 Å². The topological polar surface area (TPSA) is 20.3 Å². The number of hydrogen-bond donors (Lipinski definition) is 0. The summed E-state index contributed by atoms with van der Waals surface area (Å²) >= 11 is 3.55. The third-order valence-electron chi connectivity index (χ3n) is 4.82. The maximum absolute atomic E-state index is 11.9. The molecule has 1 saturated heterocycles. The number of piperidine rings is 1. The standard InChI is InChI=1S/C15H18BrNO.C2H6/c1-15-8-7-14(18)17(2)13(15)6-3-10-9-11(16)4-5-12(10)15;1-2/h4-5,9,13H,3,6-8H2,1-2H3;1-2H3. The number of carbonyl (C=O) groups is 1. The second-order valence-electron chi connectivity index (χ2n) is 5.78. The molecule has 3 heteroatoms. The molecule has 0 spiro atoms. The molecule has 0 aromatic heterocycles. The molecule has 2 atom stereocenters. The Balaban J connectivity index is 0.000000704. The van der Waals surface area contributed by atoms with Crippen LogP contribution < -0.4 is 0 Å². The van der Waals surface area contributed by atoms with Gasteiger partial charge in [0, 0.05) is 29.4 Å². The summed E-state index contributed by atoms with van der Waals surface area (Å²) < 4.78 is 1.16. The van der Waals surface area contributed by atoms with Crippen LogP contribution in [0.5, 0.6) is 0 Å². The number of aryl methyl sites for hydroxylation is 1. The largest absolute Gasteiger partial charge is 0.342 e. The Hall–Kier alpha value is -0.830. The first-order chi connectivity index (χ1) is 9.52. The van der Waals surface area contributed by atoms with E-state index in [0.29, 0.717) is 18.4 Å². The lowest BCUT2D eigenvalue weighted by atomic mass is 9.63. The average molecular weight is 338 g/mol. The number of fused-ring (bicyclic) bond motifs is 3. The Morgan fingerprint density at radius 3 is 2.70 bits per heavy atom. The number of likely N-dealkylation sites (N-methyl/N-ethyl adjacent to an activating group) is 1. The van der Waals surface area contributed by atoms with Crippen LogP contribution in [0, 0.1) is 0 Å². The van der Waals surface area contributed by atoms with Gasteiger partial charge in [0.15, 0.2) is 0 Å². The number of likely N-dealkylation sites (tertiary alicyclic amines) is 1. The van der Waals surface area contributed by atoms with E-state index in [2.05, 4.69) is 41.1 Å². The van der Waals surface area contributed by atoms with Gasteiger partial charge >= 0.3 is 0 Å². The minimum absolute atomic E-state index is 0.136. The number of rotatable bonds is 0. The molecule has 0 radical (unpaired) electrons. The number of benzene rings is 1. The normalized spacial score (nSPS) is 28.1. The van der Waals surface area contributed by atoms with E-state index >= 15 is 0 Å². The molecular formula is C17H24BrNO. The lowest BCUT2D eigenvalue weighted by Gasteiger charge is -2.50. The third-order valence-corrected chi connectivity index (χ3v) is 5.32. The van der Waals surface area contributed by atoms with Crippen LogP contribution in [-0.2, 0) is 16.6 Å². The molecular weight excluding hydrogens is 314 g/mol. The summed E-state index contributed by atoms with van der Waals surface area (Å²) in [7, 11) is 1.97. The smallest absolute Gasteiger partial charge is 0.222 e. The second-order valence-corrected chi connectivity index (χ2v) is 6.69. The molecule has 1 aromatic rings. The zero-order chi connectivity index (χ0) is 14.9. The van der Waals surface area contributed by atoms with Crippen molar-refractivity contribution in [1.82, 2.24) is 4.90 Å². The van der Waals surface area contributed by atoms with Crippen LogP contribution in [0.3, 0.4) is 0 Å². The fourth-order valence-electron chi connectivity index (χ4n) is 3.76. The quantitative estimate of drug-likeness (QED) is 0.691. The summed E-state index contributed by atoms with van der Waals surface area (Å²) in [4.78, 5) is 13.9. The summed E-state index contributed by atoms with van der Waals surface area (Å²) in [5, 5.41) is 0. The van der Waals surface area contributed by atoms with Gasteiger partial charge in [-0.3, -0.25) is 4.79 Å². The summed E-state index contributed by atoms with van der Waals surface area (Å²) in [6.07, 6.45) is 3.82. The molecule has 3 rings (SSSR count). The van der Waals surface area contributed by atoms with Crippen LogP contribution >= 0.6 is 15.9 Å². The number of carbonyl (C=O) groups excluding carboxylic acids is 1. The van der Waals surface area contributed by atoms with E-state index in [9.17, 15) is 4.79 Å². The van der Waals surface area contributed by atoms with Crippen LogP contribution in [0.15, 0.2) is 22.7 Å². The minimum atomic E-state index is 0.136. The highest BCUT2D eigenvalue weighted by Crippen LogP contribution is 2.45. The molecule has 1 fully saturated rings. The third kappa shape index (κ3) is 2.41. The fraction of sp³-hybridized carbons (Fsp3) is 0.588. The molecule has 0 saturated carbocycles. The van der Waals surface area contributed by atoms with Gasteiger partial charge in [-0.1, -0.05) is 42.8 Å². The average Bonchev–Trinajstić information content (AvgIpc) is 2.45.